The Kier molecular flexibility index (Phi) is 5.81. The molecule has 0 unspecified atom stereocenters. The predicted molar refractivity (Wildman–Crippen MR) is 91.7 cm³/mol. The minimum atomic E-state index is -1.25. The summed E-state index contributed by atoms with van der Waals surface area (Å²) in [5.41, 5.74) is 0.356. The van der Waals surface area contributed by atoms with E-state index in [1.807, 2.05) is 13.8 Å². The molecule has 1 aromatic heterocycles. The van der Waals surface area contributed by atoms with E-state index in [-0.39, 0.29) is 17.6 Å². The van der Waals surface area contributed by atoms with Crippen LogP contribution in [-0.4, -0.2) is 23.1 Å². The molecule has 2 N–H and O–H groups in total. The van der Waals surface area contributed by atoms with Crippen molar-refractivity contribution in [3.05, 3.63) is 58.1 Å². The topological polar surface area (TPSA) is 88.8 Å². The van der Waals surface area contributed by atoms with Crippen LogP contribution in [0.1, 0.15) is 30.0 Å². The summed E-state index contributed by atoms with van der Waals surface area (Å²) in [6.45, 7) is 3.83. The Bertz CT molecular complexity index is 762. The lowest BCUT2D eigenvalue weighted by molar-refractivity contribution is -0.132. The van der Waals surface area contributed by atoms with Gasteiger partial charge >= 0.3 is 5.97 Å². The Morgan fingerprint density at radius 2 is 1.88 bits per heavy atom. The zero-order valence-electron chi connectivity index (χ0n) is 13.1. The van der Waals surface area contributed by atoms with E-state index in [2.05, 4.69) is 21.2 Å². The number of carbonyl (C=O) groups is 2. The molecule has 126 valence electrons. The van der Waals surface area contributed by atoms with Crippen LogP contribution < -0.4 is 10.1 Å². The van der Waals surface area contributed by atoms with E-state index < -0.39 is 11.9 Å². The highest BCUT2D eigenvalue weighted by Gasteiger charge is 2.16. The van der Waals surface area contributed by atoms with Crippen LogP contribution in [0.3, 0.4) is 0 Å². The van der Waals surface area contributed by atoms with Crippen LogP contribution >= 0.6 is 15.9 Å². The summed E-state index contributed by atoms with van der Waals surface area (Å²) < 4.78 is 11.0. The molecule has 0 bridgehead atoms. The Morgan fingerprint density at radius 1 is 1.21 bits per heavy atom. The van der Waals surface area contributed by atoms with Crippen LogP contribution in [0.15, 0.2) is 51.2 Å². The quantitative estimate of drug-likeness (QED) is 0.730. The number of rotatable bonds is 6. The SMILES string of the molecule is CC(C)Oc1ccc(/C=C(\NC(=O)c2ccc(Br)o2)C(=O)O)cc1. The number of hydrogen-bond donors (Lipinski definition) is 2. The average Bonchev–Trinajstić information content (AvgIpc) is 2.94. The molecule has 1 aromatic carbocycles. The second-order valence-corrected chi connectivity index (χ2v) is 5.94. The minimum Gasteiger partial charge on any atom is -0.491 e. The van der Waals surface area contributed by atoms with Gasteiger partial charge in [0.1, 0.15) is 11.4 Å². The van der Waals surface area contributed by atoms with Crippen molar-refractivity contribution in [1.82, 2.24) is 5.32 Å². The van der Waals surface area contributed by atoms with Crippen LogP contribution in [0.5, 0.6) is 5.75 Å². The highest BCUT2D eigenvalue weighted by molar-refractivity contribution is 9.10. The van der Waals surface area contributed by atoms with Crippen LogP contribution in [-0.2, 0) is 4.79 Å². The molecule has 0 aliphatic rings. The van der Waals surface area contributed by atoms with E-state index in [1.54, 1.807) is 30.3 Å². The number of amides is 1. The molecule has 6 nitrogen and oxygen atoms in total. The molecule has 1 amide bonds. The standard InChI is InChI=1S/C17H16BrNO5/c1-10(2)23-12-5-3-11(4-6-12)9-13(17(21)22)19-16(20)14-7-8-15(18)24-14/h3-10H,1-2H3,(H,19,20)(H,21,22)/b13-9-. The zero-order chi connectivity index (χ0) is 17.7. The maximum absolute atomic E-state index is 12.0. The second-order valence-electron chi connectivity index (χ2n) is 5.16. The summed E-state index contributed by atoms with van der Waals surface area (Å²) in [4.78, 5) is 23.3. The smallest absolute Gasteiger partial charge is 0.352 e. The first-order valence-electron chi connectivity index (χ1n) is 7.13. The summed E-state index contributed by atoms with van der Waals surface area (Å²) >= 11 is 3.08. The van der Waals surface area contributed by atoms with Crippen molar-refractivity contribution < 1.29 is 23.8 Å². The zero-order valence-corrected chi connectivity index (χ0v) is 14.7. The highest BCUT2D eigenvalue weighted by atomic mass is 79.9. The van der Waals surface area contributed by atoms with Gasteiger partial charge in [-0.15, -0.1) is 0 Å². The molecule has 0 spiro atoms. The van der Waals surface area contributed by atoms with Crippen molar-refractivity contribution >= 4 is 33.9 Å². The van der Waals surface area contributed by atoms with Gasteiger partial charge in [-0.2, -0.15) is 0 Å². The van der Waals surface area contributed by atoms with Gasteiger partial charge in [0.2, 0.25) is 0 Å². The molecule has 0 radical (unpaired) electrons. The lowest BCUT2D eigenvalue weighted by Gasteiger charge is -2.09. The number of nitrogens with one attached hydrogen (secondary N) is 1. The number of benzene rings is 1. The van der Waals surface area contributed by atoms with Gasteiger partial charge in [-0.05, 0) is 65.7 Å². The van der Waals surface area contributed by atoms with Crippen molar-refractivity contribution in [3.63, 3.8) is 0 Å². The van der Waals surface area contributed by atoms with Gasteiger partial charge in [-0.1, -0.05) is 12.1 Å². The fourth-order valence-electron chi connectivity index (χ4n) is 1.85. The summed E-state index contributed by atoms with van der Waals surface area (Å²) in [6.07, 6.45) is 1.41. The number of carboxylic acids is 1. The number of furan rings is 1. The number of aliphatic carboxylic acids is 1. The number of ether oxygens (including phenoxy) is 1. The Hall–Kier alpha value is -2.54. The molecule has 0 saturated carbocycles. The van der Waals surface area contributed by atoms with Gasteiger partial charge in [-0.3, -0.25) is 4.79 Å². The molecule has 2 rings (SSSR count). The van der Waals surface area contributed by atoms with Crippen molar-refractivity contribution in [2.45, 2.75) is 20.0 Å². The van der Waals surface area contributed by atoms with Crippen molar-refractivity contribution in [2.75, 3.05) is 0 Å². The number of halogens is 1. The van der Waals surface area contributed by atoms with Gasteiger partial charge in [0, 0.05) is 0 Å². The fraction of sp³-hybridized carbons (Fsp3) is 0.176. The van der Waals surface area contributed by atoms with Gasteiger partial charge in [0.15, 0.2) is 10.4 Å². The molecule has 0 aliphatic heterocycles. The maximum Gasteiger partial charge on any atom is 0.352 e. The number of carboxylic acid groups (broad SMARTS) is 1. The number of hydrogen-bond acceptors (Lipinski definition) is 4. The monoisotopic (exact) mass is 393 g/mol. The van der Waals surface area contributed by atoms with Crippen LogP contribution in [0, 0.1) is 0 Å². The van der Waals surface area contributed by atoms with Gasteiger partial charge in [0.05, 0.1) is 6.10 Å². The van der Waals surface area contributed by atoms with Crippen molar-refractivity contribution in [1.29, 1.82) is 0 Å². The summed E-state index contributed by atoms with van der Waals surface area (Å²) in [5.74, 6) is -1.20. The summed E-state index contributed by atoms with van der Waals surface area (Å²) in [6, 6.07) is 9.86. The third-order valence-corrected chi connectivity index (χ3v) is 3.26. The maximum atomic E-state index is 12.0. The Balaban J connectivity index is 2.16. The third kappa shape index (κ3) is 4.99. The second kappa shape index (κ2) is 7.83. The summed E-state index contributed by atoms with van der Waals surface area (Å²) in [7, 11) is 0. The first-order valence-corrected chi connectivity index (χ1v) is 7.93. The largest absolute Gasteiger partial charge is 0.491 e. The molecule has 7 heteroatoms. The predicted octanol–water partition coefficient (Wildman–Crippen LogP) is 3.68. The molecule has 2 aromatic rings. The molecule has 0 aliphatic carbocycles. The molecule has 24 heavy (non-hydrogen) atoms. The van der Waals surface area contributed by atoms with Crippen molar-refractivity contribution in [3.8, 4) is 5.75 Å². The van der Waals surface area contributed by atoms with Crippen LogP contribution in [0.2, 0.25) is 0 Å². The Labute approximate surface area is 147 Å². The van der Waals surface area contributed by atoms with E-state index in [0.717, 1.165) is 0 Å². The lowest BCUT2D eigenvalue weighted by Crippen LogP contribution is -2.26. The Morgan fingerprint density at radius 3 is 2.38 bits per heavy atom. The van der Waals surface area contributed by atoms with E-state index in [9.17, 15) is 14.7 Å². The molecule has 0 atom stereocenters. The molecular weight excluding hydrogens is 378 g/mol. The normalized spacial score (nSPS) is 11.4. The molecular formula is C17H16BrNO5. The lowest BCUT2D eigenvalue weighted by atomic mass is 10.2. The van der Waals surface area contributed by atoms with E-state index in [0.29, 0.717) is 16.0 Å². The third-order valence-electron chi connectivity index (χ3n) is 2.84. The molecule has 0 saturated heterocycles. The molecule has 1 heterocycles. The molecule has 0 fully saturated rings. The fourth-order valence-corrected chi connectivity index (χ4v) is 2.16. The first-order chi connectivity index (χ1) is 11.3. The number of carbonyl (C=O) groups excluding carboxylic acids is 1. The van der Waals surface area contributed by atoms with E-state index in [4.69, 9.17) is 9.15 Å². The van der Waals surface area contributed by atoms with Gasteiger partial charge < -0.3 is 19.6 Å². The highest BCUT2D eigenvalue weighted by Crippen LogP contribution is 2.17. The minimum absolute atomic E-state index is 0.00899. The van der Waals surface area contributed by atoms with Crippen molar-refractivity contribution in [2.24, 2.45) is 0 Å². The van der Waals surface area contributed by atoms with Gasteiger partial charge in [-0.25, -0.2) is 4.79 Å². The first kappa shape index (κ1) is 17.8. The average molecular weight is 394 g/mol. The van der Waals surface area contributed by atoms with Crippen LogP contribution in [0.4, 0.5) is 0 Å². The van der Waals surface area contributed by atoms with E-state index in [1.165, 1.54) is 12.1 Å². The van der Waals surface area contributed by atoms with Gasteiger partial charge in [0.25, 0.3) is 5.91 Å². The van der Waals surface area contributed by atoms with E-state index >= 15 is 0 Å². The summed E-state index contributed by atoms with van der Waals surface area (Å²) in [5, 5.41) is 11.6. The van der Waals surface area contributed by atoms with Crippen LogP contribution in [0.25, 0.3) is 6.08 Å².